The summed E-state index contributed by atoms with van der Waals surface area (Å²) in [7, 11) is 6.45. The Bertz CT molecular complexity index is 598. The molecule has 0 amide bonds. The van der Waals surface area contributed by atoms with Gasteiger partial charge >= 0.3 is 0 Å². The van der Waals surface area contributed by atoms with Crippen LogP contribution in [0.25, 0.3) is 10.8 Å². The zero-order valence-electron chi connectivity index (χ0n) is 11.5. The smallest absolute Gasteiger partial charge is 0.145 e. The molecule has 0 saturated carbocycles. The minimum absolute atomic E-state index is 0.670. The van der Waals surface area contributed by atoms with Crippen molar-refractivity contribution in [3.05, 3.63) is 21.1 Å². The lowest BCUT2D eigenvalue weighted by molar-refractivity contribution is 0.390. The molecule has 0 aliphatic heterocycles. The van der Waals surface area contributed by atoms with E-state index in [9.17, 15) is 0 Å². The molecule has 0 spiro atoms. The van der Waals surface area contributed by atoms with Gasteiger partial charge in [-0.15, -0.1) is 0 Å². The summed E-state index contributed by atoms with van der Waals surface area (Å²) in [5.74, 6) is 2.68. The van der Waals surface area contributed by atoms with Crippen LogP contribution in [0.4, 0.5) is 0 Å². The normalized spacial score (nSPS) is 10.5. The molecule has 0 unspecified atom stereocenters. The largest absolute Gasteiger partial charge is 0.496 e. The Labute approximate surface area is 134 Å². The van der Waals surface area contributed by atoms with E-state index >= 15 is 0 Å². The molecule has 0 aliphatic rings. The summed E-state index contributed by atoms with van der Waals surface area (Å²) in [5.41, 5.74) is 0. The van der Waals surface area contributed by atoms with Crippen LogP contribution >= 0.6 is 31.9 Å². The number of benzene rings is 2. The summed E-state index contributed by atoms with van der Waals surface area (Å²) in [6.07, 6.45) is 0. The van der Waals surface area contributed by atoms with E-state index in [1.165, 1.54) is 0 Å². The van der Waals surface area contributed by atoms with E-state index in [1.807, 2.05) is 12.1 Å². The molecule has 0 aliphatic carbocycles. The Morgan fingerprint density at radius 2 is 1.00 bits per heavy atom. The summed E-state index contributed by atoms with van der Waals surface area (Å²) in [4.78, 5) is 0. The topological polar surface area (TPSA) is 36.9 Å². The van der Waals surface area contributed by atoms with E-state index in [4.69, 9.17) is 18.9 Å². The Morgan fingerprint density at radius 3 is 1.25 bits per heavy atom. The number of methoxy groups -OCH3 is 4. The Kier molecular flexibility index (Phi) is 4.65. The molecule has 0 bridgehead atoms. The van der Waals surface area contributed by atoms with Crippen molar-refractivity contribution in [3.63, 3.8) is 0 Å². The highest BCUT2D eigenvalue weighted by atomic mass is 79.9. The molecule has 6 heteroatoms. The number of ether oxygens (including phenoxy) is 4. The SMILES string of the molecule is COc1cc(Br)c(OC)c2c(OC)cc(Br)c(OC)c12. The first-order chi connectivity index (χ1) is 9.58. The van der Waals surface area contributed by atoms with Gasteiger partial charge in [0.15, 0.2) is 0 Å². The number of rotatable bonds is 4. The second kappa shape index (κ2) is 6.10. The van der Waals surface area contributed by atoms with Crippen LogP contribution in [-0.4, -0.2) is 28.4 Å². The standard InChI is InChI=1S/C14H14Br2O4/c1-17-9-5-7(15)14(20-4)12-10(18-2)6-8(16)13(19-3)11(9)12/h5-6H,1-4H3. The minimum Gasteiger partial charge on any atom is -0.496 e. The van der Waals surface area contributed by atoms with E-state index in [0.29, 0.717) is 23.0 Å². The van der Waals surface area contributed by atoms with Crippen molar-refractivity contribution in [2.24, 2.45) is 0 Å². The molecule has 0 fully saturated rings. The van der Waals surface area contributed by atoms with E-state index in [0.717, 1.165) is 19.7 Å². The minimum atomic E-state index is 0.670. The number of fused-ring (bicyclic) bond motifs is 1. The van der Waals surface area contributed by atoms with E-state index in [1.54, 1.807) is 28.4 Å². The third kappa shape index (κ3) is 2.31. The Morgan fingerprint density at radius 1 is 0.650 bits per heavy atom. The van der Waals surface area contributed by atoms with Gasteiger partial charge in [-0.2, -0.15) is 0 Å². The summed E-state index contributed by atoms with van der Waals surface area (Å²) < 4.78 is 23.5. The fraction of sp³-hybridized carbons (Fsp3) is 0.286. The van der Waals surface area contributed by atoms with Gasteiger partial charge in [0, 0.05) is 0 Å². The van der Waals surface area contributed by atoms with Crippen LogP contribution in [0.15, 0.2) is 21.1 Å². The van der Waals surface area contributed by atoms with Gasteiger partial charge in [-0.05, 0) is 44.0 Å². The van der Waals surface area contributed by atoms with E-state index in [2.05, 4.69) is 31.9 Å². The summed E-state index contributed by atoms with van der Waals surface area (Å²) >= 11 is 6.97. The van der Waals surface area contributed by atoms with Crippen LogP contribution < -0.4 is 18.9 Å². The molecule has 20 heavy (non-hydrogen) atoms. The maximum atomic E-state index is 5.49. The lowest BCUT2D eigenvalue weighted by Crippen LogP contribution is -1.97. The molecule has 2 rings (SSSR count). The molecule has 0 saturated heterocycles. The predicted molar refractivity (Wildman–Crippen MR) is 85.6 cm³/mol. The molecular formula is C14H14Br2O4. The lowest BCUT2D eigenvalue weighted by Gasteiger charge is -2.18. The quantitative estimate of drug-likeness (QED) is 0.755. The fourth-order valence-corrected chi connectivity index (χ4v) is 3.30. The molecular weight excluding hydrogens is 392 g/mol. The van der Waals surface area contributed by atoms with Crippen molar-refractivity contribution < 1.29 is 18.9 Å². The van der Waals surface area contributed by atoms with Crippen LogP contribution in [0.2, 0.25) is 0 Å². The second-order valence-corrected chi connectivity index (χ2v) is 5.65. The van der Waals surface area contributed by atoms with Crippen LogP contribution in [0.1, 0.15) is 0 Å². The highest BCUT2D eigenvalue weighted by Gasteiger charge is 2.22. The van der Waals surface area contributed by atoms with Gasteiger partial charge in [-0.25, -0.2) is 0 Å². The number of hydrogen-bond acceptors (Lipinski definition) is 4. The summed E-state index contributed by atoms with van der Waals surface area (Å²) in [5, 5.41) is 1.59. The summed E-state index contributed by atoms with van der Waals surface area (Å²) in [6, 6.07) is 3.69. The fourth-order valence-electron chi connectivity index (χ4n) is 2.16. The third-order valence-corrected chi connectivity index (χ3v) is 4.17. The van der Waals surface area contributed by atoms with Crippen molar-refractivity contribution in [1.82, 2.24) is 0 Å². The monoisotopic (exact) mass is 404 g/mol. The molecule has 108 valence electrons. The van der Waals surface area contributed by atoms with Crippen LogP contribution in [0.5, 0.6) is 23.0 Å². The Balaban J connectivity index is 3.07. The van der Waals surface area contributed by atoms with E-state index in [-0.39, 0.29) is 0 Å². The van der Waals surface area contributed by atoms with Crippen LogP contribution in [-0.2, 0) is 0 Å². The van der Waals surface area contributed by atoms with Crippen molar-refractivity contribution in [2.45, 2.75) is 0 Å². The summed E-state index contributed by atoms with van der Waals surface area (Å²) in [6.45, 7) is 0. The first kappa shape index (κ1) is 15.3. The van der Waals surface area contributed by atoms with Crippen LogP contribution in [0.3, 0.4) is 0 Å². The lowest BCUT2D eigenvalue weighted by atomic mass is 10.1. The van der Waals surface area contributed by atoms with Gasteiger partial charge in [0.05, 0.1) is 48.2 Å². The highest BCUT2D eigenvalue weighted by Crippen LogP contribution is 2.50. The molecule has 0 radical (unpaired) electrons. The molecule has 2 aromatic rings. The van der Waals surface area contributed by atoms with Crippen LogP contribution in [0, 0.1) is 0 Å². The average molecular weight is 406 g/mol. The zero-order valence-corrected chi connectivity index (χ0v) is 14.7. The third-order valence-electron chi connectivity index (χ3n) is 2.99. The van der Waals surface area contributed by atoms with E-state index < -0.39 is 0 Å². The first-order valence-corrected chi connectivity index (χ1v) is 7.32. The van der Waals surface area contributed by atoms with Crippen molar-refractivity contribution >= 4 is 42.6 Å². The van der Waals surface area contributed by atoms with Crippen molar-refractivity contribution in [1.29, 1.82) is 0 Å². The molecule has 0 heterocycles. The number of hydrogen-bond donors (Lipinski definition) is 0. The highest BCUT2D eigenvalue weighted by molar-refractivity contribution is 9.11. The molecule has 2 aromatic carbocycles. The van der Waals surface area contributed by atoms with Gasteiger partial charge < -0.3 is 18.9 Å². The Hall–Kier alpha value is -1.14. The van der Waals surface area contributed by atoms with Crippen molar-refractivity contribution in [2.75, 3.05) is 28.4 Å². The molecule has 0 aromatic heterocycles. The van der Waals surface area contributed by atoms with Gasteiger partial charge in [-0.3, -0.25) is 0 Å². The first-order valence-electron chi connectivity index (χ1n) is 5.73. The second-order valence-electron chi connectivity index (χ2n) is 3.94. The average Bonchev–Trinajstić information content (AvgIpc) is 2.45. The predicted octanol–water partition coefficient (Wildman–Crippen LogP) is 4.40. The molecule has 0 atom stereocenters. The maximum Gasteiger partial charge on any atom is 0.145 e. The molecule has 4 nitrogen and oxygen atoms in total. The molecule has 0 N–H and O–H groups in total. The number of halogens is 2. The van der Waals surface area contributed by atoms with Crippen molar-refractivity contribution in [3.8, 4) is 23.0 Å². The maximum absolute atomic E-state index is 5.49. The van der Waals surface area contributed by atoms with Gasteiger partial charge in [0.25, 0.3) is 0 Å². The van der Waals surface area contributed by atoms with Gasteiger partial charge in [0.1, 0.15) is 23.0 Å². The zero-order chi connectivity index (χ0) is 14.9. The van der Waals surface area contributed by atoms with Gasteiger partial charge in [0.2, 0.25) is 0 Å². The van der Waals surface area contributed by atoms with Gasteiger partial charge in [-0.1, -0.05) is 0 Å².